The standard InChI is InChI=1S/C50H65F2N7O5Si/c1-49(2,3)63-47(61)57-23-9-11-42(57)45-53-31-39(55-45)32-13-15-33(16-14-32)40-21-22-41(59(40)36-29-37(51)44(38(52)30-36)56-25-27-65(7,8)28-26-56)34-17-19-35(20-18-34)54-46(60)43-12-10-24-58(43)48(62)64-50(4,5)6/h13-20,29-31,40-43H,9-12,21-28H2,1-8H3,(H,53,55)(H,54,60)/t40-,41-,42+,43?/m1/s1. The lowest BCUT2D eigenvalue weighted by Gasteiger charge is -2.38. The van der Waals surface area contributed by atoms with Gasteiger partial charge in [0.05, 0.1) is 38.1 Å². The second-order valence-corrected chi connectivity index (χ2v) is 26.3. The maximum absolute atomic E-state index is 16.3. The van der Waals surface area contributed by atoms with Crippen LogP contribution in [-0.2, 0) is 14.3 Å². The summed E-state index contributed by atoms with van der Waals surface area (Å²) >= 11 is 0. The number of halogens is 2. The summed E-state index contributed by atoms with van der Waals surface area (Å²) in [5.74, 6) is -0.680. The molecule has 1 aromatic heterocycles. The fraction of sp³-hybridized carbons (Fsp3) is 0.520. The molecule has 4 saturated heterocycles. The second kappa shape index (κ2) is 18.1. The molecule has 2 N–H and O–H groups in total. The minimum Gasteiger partial charge on any atom is -0.444 e. The maximum Gasteiger partial charge on any atom is 0.410 e. The maximum atomic E-state index is 16.3. The van der Waals surface area contributed by atoms with Gasteiger partial charge in [-0.25, -0.2) is 23.4 Å². The number of carbonyl (C=O) groups is 3. The van der Waals surface area contributed by atoms with E-state index in [1.165, 1.54) is 17.0 Å². The van der Waals surface area contributed by atoms with E-state index < -0.39 is 43.0 Å². The number of benzene rings is 3. The molecule has 0 spiro atoms. The first kappa shape index (κ1) is 46.1. The molecule has 4 aromatic rings. The van der Waals surface area contributed by atoms with Crippen LogP contribution in [0.5, 0.6) is 0 Å². The molecule has 0 radical (unpaired) electrons. The highest BCUT2D eigenvalue weighted by Gasteiger charge is 2.40. The number of imidazole rings is 1. The number of carbonyl (C=O) groups excluding carboxylic acids is 3. The molecule has 15 heteroatoms. The van der Waals surface area contributed by atoms with E-state index in [0.29, 0.717) is 56.2 Å². The van der Waals surface area contributed by atoms with Gasteiger partial charge in [0.1, 0.15) is 28.8 Å². The first-order valence-corrected chi connectivity index (χ1v) is 26.7. The number of nitrogens with one attached hydrogen (secondary N) is 2. The van der Waals surface area contributed by atoms with Crippen molar-refractivity contribution < 1.29 is 32.6 Å². The molecular formula is C50H65F2N7O5Si. The van der Waals surface area contributed by atoms with Gasteiger partial charge >= 0.3 is 12.2 Å². The minimum absolute atomic E-state index is 0.0493. The molecule has 65 heavy (non-hydrogen) atoms. The lowest BCUT2D eigenvalue weighted by atomic mass is 10.0. The molecule has 348 valence electrons. The number of rotatable bonds is 8. The number of amides is 3. The number of hydrogen-bond acceptors (Lipinski definition) is 8. The molecule has 0 saturated carbocycles. The van der Waals surface area contributed by atoms with Crippen LogP contribution in [0, 0.1) is 11.6 Å². The molecule has 3 aromatic carbocycles. The van der Waals surface area contributed by atoms with Crippen molar-refractivity contribution in [3.8, 4) is 11.3 Å². The van der Waals surface area contributed by atoms with Crippen molar-refractivity contribution in [2.45, 2.75) is 141 Å². The van der Waals surface area contributed by atoms with Crippen LogP contribution in [0.15, 0.2) is 66.9 Å². The molecule has 4 atom stereocenters. The van der Waals surface area contributed by atoms with E-state index in [9.17, 15) is 14.4 Å². The zero-order valence-corrected chi connectivity index (χ0v) is 40.2. The highest BCUT2D eigenvalue weighted by Crippen LogP contribution is 2.48. The topological polar surface area (TPSA) is 123 Å². The van der Waals surface area contributed by atoms with Crippen molar-refractivity contribution >= 4 is 43.2 Å². The van der Waals surface area contributed by atoms with E-state index in [1.54, 1.807) is 31.9 Å². The summed E-state index contributed by atoms with van der Waals surface area (Å²) in [6, 6.07) is 19.6. The van der Waals surface area contributed by atoms with Crippen LogP contribution in [0.1, 0.15) is 115 Å². The van der Waals surface area contributed by atoms with E-state index in [1.807, 2.05) is 62.1 Å². The van der Waals surface area contributed by atoms with Crippen molar-refractivity contribution in [1.82, 2.24) is 19.8 Å². The van der Waals surface area contributed by atoms with Crippen LogP contribution in [-0.4, -0.2) is 89.4 Å². The summed E-state index contributed by atoms with van der Waals surface area (Å²) in [6.07, 6.45) is 5.31. The van der Waals surface area contributed by atoms with Gasteiger partial charge in [0.15, 0.2) is 11.6 Å². The predicted molar refractivity (Wildman–Crippen MR) is 253 cm³/mol. The van der Waals surface area contributed by atoms with Gasteiger partial charge in [-0.15, -0.1) is 0 Å². The van der Waals surface area contributed by atoms with Gasteiger partial charge in [0, 0.05) is 37.6 Å². The zero-order chi connectivity index (χ0) is 46.4. The van der Waals surface area contributed by atoms with E-state index in [0.717, 1.165) is 60.2 Å². The predicted octanol–water partition coefficient (Wildman–Crippen LogP) is 11.4. The van der Waals surface area contributed by atoms with Crippen LogP contribution >= 0.6 is 0 Å². The van der Waals surface area contributed by atoms with Gasteiger partial charge in [-0.1, -0.05) is 49.5 Å². The molecule has 4 fully saturated rings. The number of aromatic amines is 1. The highest BCUT2D eigenvalue weighted by molar-refractivity contribution is 6.77. The average molecular weight is 910 g/mol. The third-order valence-corrected chi connectivity index (χ3v) is 16.4. The van der Waals surface area contributed by atoms with E-state index >= 15 is 8.78 Å². The Hall–Kier alpha value is -5.44. The smallest absolute Gasteiger partial charge is 0.410 e. The van der Waals surface area contributed by atoms with Gasteiger partial charge in [-0.3, -0.25) is 14.6 Å². The largest absolute Gasteiger partial charge is 0.444 e. The Balaban J connectivity index is 1.04. The number of hydrogen-bond donors (Lipinski definition) is 2. The van der Waals surface area contributed by atoms with E-state index in [-0.39, 0.29) is 35.8 Å². The number of H-pyrrole nitrogens is 1. The van der Waals surface area contributed by atoms with Crippen LogP contribution in [0.2, 0.25) is 25.2 Å². The summed E-state index contributed by atoms with van der Waals surface area (Å²) in [7, 11) is -1.37. The molecule has 0 bridgehead atoms. The van der Waals surface area contributed by atoms with E-state index in [4.69, 9.17) is 14.5 Å². The lowest BCUT2D eigenvalue weighted by molar-refractivity contribution is -0.120. The molecule has 0 aliphatic carbocycles. The molecular weight excluding hydrogens is 845 g/mol. The molecule has 4 aliphatic heterocycles. The summed E-state index contributed by atoms with van der Waals surface area (Å²) < 4.78 is 44.0. The Labute approximate surface area is 383 Å². The fourth-order valence-electron chi connectivity index (χ4n) is 9.88. The average Bonchev–Trinajstić information content (AvgIpc) is 4.07. The zero-order valence-electron chi connectivity index (χ0n) is 39.2. The van der Waals surface area contributed by atoms with E-state index in [2.05, 4.69) is 40.4 Å². The van der Waals surface area contributed by atoms with Gasteiger partial charge in [-0.05, 0) is 133 Å². The lowest BCUT2D eigenvalue weighted by Crippen LogP contribution is -2.45. The fourth-order valence-corrected chi connectivity index (χ4v) is 11.9. The molecule has 4 aliphatic rings. The number of anilines is 3. The summed E-state index contributed by atoms with van der Waals surface area (Å²) in [6.45, 7) is 18.0. The van der Waals surface area contributed by atoms with Gasteiger partial charge < -0.3 is 29.6 Å². The molecule has 3 amide bonds. The van der Waals surface area contributed by atoms with Crippen LogP contribution in [0.3, 0.4) is 0 Å². The minimum atomic E-state index is -1.37. The van der Waals surface area contributed by atoms with Gasteiger partial charge in [-0.2, -0.15) is 0 Å². The number of likely N-dealkylation sites (tertiary alicyclic amines) is 2. The monoisotopic (exact) mass is 909 g/mol. The SMILES string of the molecule is CC(C)(C)OC(=O)N1CCCC1C(=O)Nc1ccc([C@H]2CC[C@H](c3ccc(-c4cnc([C@@H]5CCCN5C(=O)OC(C)(C)C)[nH]4)cc3)N2c2cc(F)c(N3CC[Si](C)(C)CC3)c(F)c2)cc1. The molecule has 8 rings (SSSR count). The highest BCUT2D eigenvalue weighted by atomic mass is 28.3. The summed E-state index contributed by atoms with van der Waals surface area (Å²) in [5.41, 5.74) is 3.54. The van der Waals surface area contributed by atoms with Crippen molar-refractivity contribution in [3.05, 3.63) is 95.4 Å². The van der Waals surface area contributed by atoms with Crippen molar-refractivity contribution in [1.29, 1.82) is 0 Å². The van der Waals surface area contributed by atoms with Crippen molar-refractivity contribution in [3.63, 3.8) is 0 Å². The quantitative estimate of drug-likeness (QED) is 0.168. The van der Waals surface area contributed by atoms with Crippen LogP contribution < -0.4 is 15.1 Å². The Bertz CT molecular complexity index is 2340. The summed E-state index contributed by atoms with van der Waals surface area (Å²) in [5, 5.41) is 3.00. The number of aromatic nitrogens is 2. The number of nitrogens with zero attached hydrogens (tertiary/aromatic N) is 5. The first-order chi connectivity index (χ1) is 30.7. The molecule has 12 nitrogen and oxygen atoms in total. The Morgan fingerprint density at radius 1 is 0.723 bits per heavy atom. The van der Waals surface area contributed by atoms with Crippen LogP contribution in [0.25, 0.3) is 11.3 Å². The van der Waals surface area contributed by atoms with Crippen LogP contribution in [0.4, 0.5) is 35.4 Å². The normalized spacial score (nSPS) is 22.4. The number of ether oxygens (including phenoxy) is 2. The molecule has 5 heterocycles. The Kier molecular flexibility index (Phi) is 12.8. The Morgan fingerprint density at radius 2 is 1.26 bits per heavy atom. The third-order valence-electron chi connectivity index (χ3n) is 13.3. The summed E-state index contributed by atoms with van der Waals surface area (Å²) in [4.78, 5) is 54.8. The third kappa shape index (κ3) is 10.3. The van der Waals surface area contributed by atoms with Gasteiger partial charge in [0.25, 0.3) is 0 Å². The molecule has 1 unspecified atom stereocenters. The second-order valence-electron chi connectivity index (χ2n) is 21.0. The van der Waals surface area contributed by atoms with Crippen molar-refractivity contribution in [2.24, 2.45) is 0 Å². The Morgan fingerprint density at radius 3 is 1.85 bits per heavy atom. The van der Waals surface area contributed by atoms with Gasteiger partial charge in [0.2, 0.25) is 5.91 Å². The van der Waals surface area contributed by atoms with Crippen molar-refractivity contribution in [2.75, 3.05) is 41.3 Å². The first-order valence-electron chi connectivity index (χ1n) is 23.3.